The van der Waals surface area contributed by atoms with Crippen molar-refractivity contribution >= 4 is 11.8 Å². The SMILES string of the molecule is Cc1ccc(NCc2ccc3c(c2)C=CC(C)(C)O3)c(C)c1. The topological polar surface area (TPSA) is 21.3 Å². The zero-order chi connectivity index (χ0) is 15.7. The van der Waals surface area contributed by atoms with Crippen LogP contribution in [-0.4, -0.2) is 5.60 Å². The van der Waals surface area contributed by atoms with E-state index in [2.05, 4.69) is 81.6 Å². The first kappa shape index (κ1) is 14.7. The summed E-state index contributed by atoms with van der Waals surface area (Å²) in [5.41, 5.74) is 5.96. The van der Waals surface area contributed by atoms with Gasteiger partial charge in [0.15, 0.2) is 0 Å². The van der Waals surface area contributed by atoms with Gasteiger partial charge in [0.05, 0.1) is 0 Å². The summed E-state index contributed by atoms with van der Waals surface area (Å²) < 4.78 is 5.96. The summed E-state index contributed by atoms with van der Waals surface area (Å²) in [6.07, 6.45) is 4.26. The molecule has 1 aliphatic heterocycles. The largest absolute Gasteiger partial charge is 0.483 e. The van der Waals surface area contributed by atoms with Crippen molar-refractivity contribution in [2.75, 3.05) is 5.32 Å². The Hall–Kier alpha value is -2.22. The molecule has 0 spiro atoms. The van der Waals surface area contributed by atoms with Crippen LogP contribution < -0.4 is 10.1 Å². The third-order valence-corrected chi connectivity index (χ3v) is 3.98. The summed E-state index contributed by atoms with van der Waals surface area (Å²) in [6.45, 7) is 9.22. The summed E-state index contributed by atoms with van der Waals surface area (Å²) in [4.78, 5) is 0. The molecule has 1 heterocycles. The lowest BCUT2D eigenvalue weighted by molar-refractivity contribution is 0.159. The van der Waals surface area contributed by atoms with Gasteiger partial charge in [0, 0.05) is 17.8 Å². The van der Waals surface area contributed by atoms with Crippen LogP contribution in [0.2, 0.25) is 0 Å². The Morgan fingerprint density at radius 3 is 2.64 bits per heavy atom. The van der Waals surface area contributed by atoms with E-state index in [0.29, 0.717) is 0 Å². The van der Waals surface area contributed by atoms with E-state index in [4.69, 9.17) is 4.74 Å². The van der Waals surface area contributed by atoms with Crippen LogP contribution >= 0.6 is 0 Å². The van der Waals surface area contributed by atoms with Crippen molar-refractivity contribution in [3.05, 3.63) is 64.7 Å². The maximum atomic E-state index is 5.96. The van der Waals surface area contributed by atoms with Crippen LogP contribution in [0.4, 0.5) is 5.69 Å². The molecule has 0 bridgehead atoms. The Morgan fingerprint density at radius 2 is 1.86 bits per heavy atom. The summed E-state index contributed by atoms with van der Waals surface area (Å²) in [5, 5.41) is 3.51. The van der Waals surface area contributed by atoms with Crippen LogP contribution in [0, 0.1) is 13.8 Å². The predicted molar refractivity (Wildman–Crippen MR) is 93.4 cm³/mol. The molecule has 2 aromatic carbocycles. The zero-order valence-electron chi connectivity index (χ0n) is 13.7. The first-order valence-electron chi connectivity index (χ1n) is 7.75. The van der Waals surface area contributed by atoms with E-state index < -0.39 is 0 Å². The lowest BCUT2D eigenvalue weighted by Crippen LogP contribution is -2.27. The maximum absolute atomic E-state index is 5.96. The Balaban J connectivity index is 1.74. The summed E-state index contributed by atoms with van der Waals surface area (Å²) in [6, 6.07) is 12.9. The molecule has 0 saturated heterocycles. The highest BCUT2D eigenvalue weighted by atomic mass is 16.5. The minimum atomic E-state index is -0.216. The Labute approximate surface area is 132 Å². The maximum Gasteiger partial charge on any atom is 0.127 e. The summed E-state index contributed by atoms with van der Waals surface area (Å²) in [7, 11) is 0. The van der Waals surface area contributed by atoms with E-state index in [0.717, 1.165) is 17.9 Å². The third kappa shape index (κ3) is 3.16. The smallest absolute Gasteiger partial charge is 0.127 e. The molecule has 1 aliphatic rings. The van der Waals surface area contributed by atoms with Gasteiger partial charge in [-0.2, -0.15) is 0 Å². The minimum absolute atomic E-state index is 0.216. The summed E-state index contributed by atoms with van der Waals surface area (Å²) in [5.74, 6) is 0.961. The van der Waals surface area contributed by atoms with Crippen LogP contribution in [0.1, 0.15) is 36.1 Å². The number of hydrogen-bond donors (Lipinski definition) is 1. The molecular formula is C20H23NO. The van der Waals surface area contributed by atoms with Crippen molar-refractivity contribution in [3.8, 4) is 5.75 Å². The number of aryl methyl sites for hydroxylation is 2. The molecule has 22 heavy (non-hydrogen) atoms. The second kappa shape index (κ2) is 5.53. The van der Waals surface area contributed by atoms with E-state index >= 15 is 0 Å². The second-order valence-corrected chi connectivity index (χ2v) is 6.58. The van der Waals surface area contributed by atoms with Crippen molar-refractivity contribution in [1.82, 2.24) is 0 Å². The molecule has 0 fully saturated rings. The molecular weight excluding hydrogens is 270 g/mol. The van der Waals surface area contributed by atoms with Crippen molar-refractivity contribution in [2.45, 2.75) is 39.8 Å². The highest BCUT2D eigenvalue weighted by Crippen LogP contribution is 2.31. The molecule has 2 aromatic rings. The monoisotopic (exact) mass is 293 g/mol. The van der Waals surface area contributed by atoms with Gasteiger partial charge in [0.2, 0.25) is 0 Å². The van der Waals surface area contributed by atoms with Crippen molar-refractivity contribution < 1.29 is 4.74 Å². The van der Waals surface area contributed by atoms with Crippen LogP contribution in [0.5, 0.6) is 5.75 Å². The molecule has 0 atom stereocenters. The van der Waals surface area contributed by atoms with Gasteiger partial charge in [0.25, 0.3) is 0 Å². The van der Waals surface area contributed by atoms with Gasteiger partial charge in [-0.25, -0.2) is 0 Å². The van der Waals surface area contributed by atoms with Gasteiger partial charge < -0.3 is 10.1 Å². The molecule has 0 unspecified atom stereocenters. The predicted octanol–water partition coefficient (Wildman–Crippen LogP) is 5.10. The van der Waals surface area contributed by atoms with Crippen molar-refractivity contribution in [3.63, 3.8) is 0 Å². The third-order valence-electron chi connectivity index (χ3n) is 3.98. The van der Waals surface area contributed by atoms with Gasteiger partial charge >= 0.3 is 0 Å². The fourth-order valence-corrected chi connectivity index (χ4v) is 2.75. The number of anilines is 1. The molecule has 1 N–H and O–H groups in total. The van der Waals surface area contributed by atoms with E-state index in [1.807, 2.05) is 0 Å². The van der Waals surface area contributed by atoms with E-state index in [1.54, 1.807) is 0 Å². The molecule has 0 saturated carbocycles. The van der Waals surface area contributed by atoms with Crippen molar-refractivity contribution in [2.24, 2.45) is 0 Å². The fourth-order valence-electron chi connectivity index (χ4n) is 2.75. The van der Waals surface area contributed by atoms with E-state index in [1.165, 1.54) is 22.4 Å². The van der Waals surface area contributed by atoms with Crippen molar-refractivity contribution in [1.29, 1.82) is 0 Å². The zero-order valence-corrected chi connectivity index (χ0v) is 13.7. The molecule has 2 heteroatoms. The van der Waals surface area contributed by atoms with Crippen LogP contribution in [0.3, 0.4) is 0 Å². The quantitative estimate of drug-likeness (QED) is 0.850. The average Bonchev–Trinajstić information content (AvgIpc) is 2.45. The second-order valence-electron chi connectivity index (χ2n) is 6.58. The van der Waals surface area contributed by atoms with Crippen LogP contribution in [0.25, 0.3) is 6.08 Å². The van der Waals surface area contributed by atoms with Gasteiger partial charge in [-0.1, -0.05) is 29.8 Å². The molecule has 0 radical (unpaired) electrons. The van der Waals surface area contributed by atoms with Gasteiger partial charge in [-0.15, -0.1) is 0 Å². The normalized spacial score (nSPS) is 15.1. The molecule has 0 amide bonds. The lowest BCUT2D eigenvalue weighted by atomic mass is 10.0. The lowest BCUT2D eigenvalue weighted by Gasteiger charge is -2.28. The summed E-state index contributed by atoms with van der Waals surface area (Å²) >= 11 is 0. The van der Waals surface area contributed by atoms with Crippen LogP contribution in [-0.2, 0) is 6.54 Å². The first-order valence-corrected chi connectivity index (χ1v) is 7.75. The number of ether oxygens (including phenoxy) is 1. The molecule has 0 aliphatic carbocycles. The highest BCUT2D eigenvalue weighted by molar-refractivity contribution is 5.62. The minimum Gasteiger partial charge on any atom is -0.483 e. The first-order chi connectivity index (χ1) is 10.4. The number of benzene rings is 2. The van der Waals surface area contributed by atoms with Gasteiger partial charge in [-0.3, -0.25) is 0 Å². The van der Waals surface area contributed by atoms with E-state index in [-0.39, 0.29) is 5.60 Å². The Bertz CT molecular complexity index is 728. The number of hydrogen-bond acceptors (Lipinski definition) is 2. The van der Waals surface area contributed by atoms with Gasteiger partial charge in [-0.05, 0) is 63.1 Å². The molecule has 0 aromatic heterocycles. The standard InChI is InChI=1S/C20H23NO/c1-14-5-7-18(15(2)11-14)21-13-16-6-8-19-17(12-16)9-10-20(3,4)22-19/h5-12,21H,13H2,1-4H3. The fraction of sp³-hybridized carbons (Fsp3) is 0.300. The molecule has 3 rings (SSSR count). The Morgan fingerprint density at radius 1 is 1.05 bits per heavy atom. The number of nitrogens with one attached hydrogen (secondary N) is 1. The number of rotatable bonds is 3. The average molecular weight is 293 g/mol. The number of fused-ring (bicyclic) bond motifs is 1. The molecule has 114 valence electrons. The van der Waals surface area contributed by atoms with E-state index in [9.17, 15) is 0 Å². The van der Waals surface area contributed by atoms with Gasteiger partial charge in [0.1, 0.15) is 11.4 Å². The Kier molecular flexibility index (Phi) is 3.69. The van der Waals surface area contributed by atoms with Crippen LogP contribution in [0.15, 0.2) is 42.5 Å². The molecule has 2 nitrogen and oxygen atoms in total. The highest BCUT2D eigenvalue weighted by Gasteiger charge is 2.21.